The lowest BCUT2D eigenvalue weighted by atomic mass is 10.0. The molecular formula is C22H26N4O11S. The van der Waals surface area contributed by atoms with Crippen molar-refractivity contribution in [2.75, 3.05) is 24.7 Å². The maximum absolute atomic E-state index is 12.4. The largest absolute Gasteiger partial charge is 0.504 e. The van der Waals surface area contributed by atoms with Gasteiger partial charge in [0.1, 0.15) is 5.69 Å². The molecule has 0 aliphatic carbocycles. The Morgan fingerprint density at radius 1 is 1.03 bits per heavy atom. The quantitative estimate of drug-likeness (QED) is 0.0830. The molecule has 1 atom stereocenters. The van der Waals surface area contributed by atoms with Gasteiger partial charge in [0.15, 0.2) is 33.8 Å². The van der Waals surface area contributed by atoms with E-state index in [4.69, 9.17) is 10.5 Å². The van der Waals surface area contributed by atoms with E-state index in [0.29, 0.717) is 16.9 Å². The third-order valence-electron chi connectivity index (χ3n) is 5.45. The van der Waals surface area contributed by atoms with Crippen LogP contribution < -0.4 is 16.4 Å². The van der Waals surface area contributed by atoms with E-state index in [1.165, 1.54) is 7.11 Å². The van der Waals surface area contributed by atoms with Gasteiger partial charge < -0.3 is 61.7 Å². The van der Waals surface area contributed by atoms with Crippen LogP contribution in [-0.2, 0) is 21.7 Å². The maximum Gasteiger partial charge on any atom is 0.294 e. The third kappa shape index (κ3) is 5.81. The van der Waals surface area contributed by atoms with E-state index in [0.717, 1.165) is 0 Å². The van der Waals surface area contributed by atoms with E-state index in [2.05, 4.69) is 10.3 Å². The summed E-state index contributed by atoms with van der Waals surface area (Å²) in [6.45, 7) is -0.149. The van der Waals surface area contributed by atoms with Gasteiger partial charge in [-0.1, -0.05) is 41.7 Å². The average Bonchev–Trinajstić information content (AvgIpc) is 3.22. The third-order valence-corrected chi connectivity index (χ3v) is 6.14. The van der Waals surface area contributed by atoms with Crippen molar-refractivity contribution < 1.29 is 55.5 Å². The molecule has 1 heterocycles. The summed E-state index contributed by atoms with van der Waals surface area (Å²) in [5, 5.41) is 95.2. The van der Waals surface area contributed by atoms with Gasteiger partial charge in [0.25, 0.3) is 11.7 Å². The highest BCUT2D eigenvalue weighted by molar-refractivity contribution is 7.17. The zero-order chi connectivity index (χ0) is 28.4. The predicted octanol–water partition coefficient (Wildman–Crippen LogP) is -0.812. The van der Waals surface area contributed by atoms with Gasteiger partial charge in [-0.3, -0.25) is 10.1 Å². The molecule has 0 aliphatic rings. The summed E-state index contributed by atoms with van der Waals surface area (Å²) in [4.78, 5) is 15.9. The number of carbonyl (C=O) groups is 1. The van der Waals surface area contributed by atoms with Crippen LogP contribution in [0.25, 0.3) is 0 Å². The molecule has 0 aliphatic heterocycles. The molecule has 16 heteroatoms. The summed E-state index contributed by atoms with van der Waals surface area (Å²) in [6.07, 6.45) is -1.61. The summed E-state index contributed by atoms with van der Waals surface area (Å²) in [6, 6.07) is 8.77. The molecule has 3 aromatic rings. The standard InChI is InChI=1S/C22H26N4O11S/c1-37-11(9-5-3-2-4-6-9)8-24-21(33,34)7-10-13(27)15(29)12(16(30)14(10)28)25-19(32)22(35,36)17-18(31)38-20(23)26-17/h2-6,11,24,27-31,33-36H,7-8H2,1H3,(H2,23,26)(H,25,32). The highest BCUT2D eigenvalue weighted by Gasteiger charge is 2.43. The van der Waals surface area contributed by atoms with Gasteiger partial charge >= 0.3 is 0 Å². The zero-order valence-electron chi connectivity index (χ0n) is 19.7. The van der Waals surface area contributed by atoms with Gasteiger partial charge in [-0.05, 0) is 5.56 Å². The Hall–Kier alpha value is -3.90. The predicted molar refractivity (Wildman–Crippen MR) is 131 cm³/mol. The van der Waals surface area contributed by atoms with Crippen molar-refractivity contribution in [3.63, 3.8) is 0 Å². The topological polar surface area (TPSA) is 271 Å². The Morgan fingerprint density at radius 3 is 2.11 bits per heavy atom. The first kappa shape index (κ1) is 28.7. The molecule has 0 bridgehead atoms. The highest BCUT2D eigenvalue weighted by atomic mass is 32.1. The number of nitrogens with one attached hydrogen (secondary N) is 2. The number of benzene rings is 2. The number of nitrogens with zero attached hydrogens (tertiary/aromatic N) is 1. The summed E-state index contributed by atoms with van der Waals surface area (Å²) in [5.74, 6) is -13.0. The number of aromatic nitrogens is 1. The van der Waals surface area contributed by atoms with Crippen molar-refractivity contribution in [2.45, 2.75) is 24.2 Å². The SMILES string of the molecule is COC(CNC(O)(O)Cc1c(O)c(O)c(NC(=O)C(O)(O)c2nc(N)sc2O)c(O)c1O)c1ccccc1. The number of aromatic hydroxyl groups is 5. The molecule has 2 aromatic carbocycles. The van der Waals surface area contributed by atoms with E-state index in [1.807, 2.05) is 0 Å². The molecule has 13 N–H and O–H groups in total. The lowest BCUT2D eigenvalue weighted by molar-refractivity contribution is -0.188. The minimum atomic E-state index is -3.52. The van der Waals surface area contributed by atoms with E-state index >= 15 is 0 Å². The van der Waals surface area contributed by atoms with Crippen molar-refractivity contribution in [3.05, 3.63) is 47.2 Å². The number of amides is 1. The normalized spacial score (nSPS) is 12.9. The fourth-order valence-corrected chi connectivity index (χ4v) is 4.09. The number of hydrogen-bond donors (Lipinski definition) is 12. The van der Waals surface area contributed by atoms with Crippen LogP contribution in [0, 0.1) is 0 Å². The van der Waals surface area contributed by atoms with Crippen LogP contribution in [0.5, 0.6) is 28.1 Å². The highest BCUT2D eigenvalue weighted by Crippen LogP contribution is 2.51. The van der Waals surface area contributed by atoms with Crippen LogP contribution in [0.15, 0.2) is 30.3 Å². The number of ether oxygens (including phenoxy) is 1. The number of phenolic OH excluding ortho intramolecular Hbond substituents is 4. The van der Waals surface area contributed by atoms with Gasteiger partial charge in [-0.25, -0.2) is 4.98 Å². The molecule has 15 nitrogen and oxygen atoms in total. The minimum absolute atomic E-state index is 0.149. The Bertz CT molecular complexity index is 1290. The Kier molecular flexibility index (Phi) is 8.18. The van der Waals surface area contributed by atoms with Crippen LogP contribution >= 0.6 is 11.3 Å². The summed E-state index contributed by atoms with van der Waals surface area (Å²) in [7, 11) is 1.40. The number of aliphatic hydroxyl groups is 4. The van der Waals surface area contributed by atoms with Gasteiger partial charge in [0.2, 0.25) is 11.0 Å². The van der Waals surface area contributed by atoms with E-state index in [-0.39, 0.29) is 11.7 Å². The number of anilines is 2. The number of hydrogen-bond acceptors (Lipinski definition) is 15. The lowest BCUT2D eigenvalue weighted by Gasteiger charge is -2.27. The van der Waals surface area contributed by atoms with Crippen molar-refractivity contribution in [1.82, 2.24) is 10.3 Å². The van der Waals surface area contributed by atoms with Crippen LogP contribution in [0.3, 0.4) is 0 Å². The van der Waals surface area contributed by atoms with Crippen LogP contribution in [-0.4, -0.2) is 76.4 Å². The second-order valence-electron chi connectivity index (χ2n) is 8.09. The number of carbonyl (C=O) groups excluding carboxylic acids is 1. The Morgan fingerprint density at radius 2 is 1.61 bits per heavy atom. The second kappa shape index (κ2) is 10.8. The molecule has 1 unspecified atom stereocenters. The number of nitrogen functional groups attached to an aromatic ring is 1. The maximum atomic E-state index is 12.4. The molecule has 38 heavy (non-hydrogen) atoms. The number of phenols is 4. The van der Waals surface area contributed by atoms with Crippen LogP contribution in [0.4, 0.5) is 10.8 Å². The molecule has 1 aromatic heterocycles. The van der Waals surface area contributed by atoms with Crippen LogP contribution in [0.1, 0.15) is 22.9 Å². The molecule has 0 saturated heterocycles. The van der Waals surface area contributed by atoms with Gasteiger partial charge in [0, 0.05) is 20.1 Å². The first-order valence-electron chi connectivity index (χ1n) is 10.7. The van der Waals surface area contributed by atoms with Crippen LogP contribution in [0.2, 0.25) is 0 Å². The van der Waals surface area contributed by atoms with Gasteiger partial charge in [-0.2, -0.15) is 0 Å². The second-order valence-corrected chi connectivity index (χ2v) is 9.10. The molecule has 3 rings (SSSR count). The summed E-state index contributed by atoms with van der Waals surface area (Å²) in [5.41, 5.74) is 3.29. The number of rotatable bonds is 10. The number of thiazole rings is 1. The molecule has 0 spiro atoms. The molecule has 0 saturated carbocycles. The molecule has 0 fully saturated rings. The monoisotopic (exact) mass is 554 g/mol. The van der Waals surface area contributed by atoms with Gasteiger partial charge in [0.05, 0.1) is 11.7 Å². The Balaban J connectivity index is 1.83. The first-order valence-corrected chi connectivity index (χ1v) is 11.5. The molecule has 0 radical (unpaired) electrons. The average molecular weight is 555 g/mol. The first-order chi connectivity index (χ1) is 17.7. The molecular weight excluding hydrogens is 528 g/mol. The van der Waals surface area contributed by atoms with E-state index in [1.54, 1.807) is 35.6 Å². The van der Waals surface area contributed by atoms with Crippen molar-refractivity contribution in [1.29, 1.82) is 0 Å². The van der Waals surface area contributed by atoms with Crippen molar-refractivity contribution in [3.8, 4) is 28.1 Å². The smallest absolute Gasteiger partial charge is 0.294 e. The zero-order valence-corrected chi connectivity index (χ0v) is 20.5. The van der Waals surface area contributed by atoms with E-state index < -0.39 is 75.1 Å². The molecule has 206 valence electrons. The van der Waals surface area contributed by atoms with Gasteiger partial charge in [-0.15, -0.1) is 0 Å². The number of nitrogens with two attached hydrogens (primary N) is 1. The fraction of sp³-hybridized carbons (Fsp3) is 0.273. The minimum Gasteiger partial charge on any atom is -0.504 e. The number of methoxy groups -OCH3 is 1. The lowest BCUT2D eigenvalue weighted by Crippen LogP contribution is -2.48. The van der Waals surface area contributed by atoms with Crippen molar-refractivity contribution >= 4 is 28.1 Å². The summed E-state index contributed by atoms with van der Waals surface area (Å²) < 4.78 is 5.32. The van der Waals surface area contributed by atoms with E-state index in [9.17, 15) is 50.8 Å². The molecule has 1 amide bonds. The summed E-state index contributed by atoms with van der Waals surface area (Å²) >= 11 is 0.426. The Labute approximate surface area is 218 Å². The van der Waals surface area contributed by atoms with Crippen molar-refractivity contribution in [2.24, 2.45) is 0 Å². The fourth-order valence-electron chi connectivity index (χ4n) is 3.47.